The van der Waals surface area contributed by atoms with Crippen LogP contribution in [-0.2, 0) is 8.87 Å². The molecular formula is C15H24N2O2S2. The van der Waals surface area contributed by atoms with Crippen LogP contribution in [0.5, 0.6) is 0 Å². The molecule has 4 nitrogen and oxygen atoms in total. The molecule has 2 rings (SSSR count). The maximum Gasteiger partial charge on any atom is 0.229 e. The Kier molecular flexibility index (Phi) is 6.10. The molecular weight excluding hydrogens is 304 g/mol. The Labute approximate surface area is 131 Å². The van der Waals surface area contributed by atoms with Gasteiger partial charge >= 0.3 is 0 Å². The van der Waals surface area contributed by atoms with Gasteiger partial charge in [-0.15, -0.1) is 0 Å². The Bertz CT molecular complexity index is 535. The average Bonchev–Trinajstić information content (AvgIpc) is 2.46. The van der Waals surface area contributed by atoms with Crippen LogP contribution >= 0.6 is 10.8 Å². The molecule has 1 heterocycles. The van der Waals surface area contributed by atoms with E-state index in [1.807, 2.05) is 19.1 Å². The summed E-state index contributed by atoms with van der Waals surface area (Å²) in [6.45, 7) is 7.34. The molecule has 0 aliphatic carbocycles. The molecule has 0 aromatic heterocycles. The van der Waals surface area contributed by atoms with Gasteiger partial charge in [-0.25, -0.2) is 8.42 Å². The molecule has 0 amide bonds. The van der Waals surface area contributed by atoms with E-state index in [0.29, 0.717) is 10.6 Å². The fraction of sp³-hybridized carbons (Fsp3) is 0.600. The lowest BCUT2D eigenvalue weighted by Gasteiger charge is -2.32. The number of rotatable bonds is 6. The van der Waals surface area contributed by atoms with Gasteiger partial charge in [-0.1, -0.05) is 17.7 Å². The van der Waals surface area contributed by atoms with Crippen LogP contribution < -0.4 is 0 Å². The molecule has 6 heteroatoms. The highest BCUT2D eigenvalue weighted by Crippen LogP contribution is 2.24. The van der Waals surface area contributed by atoms with E-state index in [1.54, 1.807) is 12.1 Å². The minimum absolute atomic E-state index is 0.415. The first-order valence-corrected chi connectivity index (χ1v) is 10.3. The van der Waals surface area contributed by atoms with Gasteiger partial charge in [0.05, 0.1) is 4.90 Å². The van der Waals surface area contributed by atoms with Crippen LogP contribution in [0.1, 0.15) is 12.0 Å². The minimum atomic E-state index is -3.20. The lowest BCUT2D eigenvalue weighted by Crippen LogP contribution is -2.44. The van der Waals surface area contributed by atoms with E-state index in [0.717, 1.165) is 55.5 Å². The van der Waals surface area contributed by atoms with Crippen LogP contribution in [0, 0.1) is 6.92 Å². The highest BCUT2D eigenvalue weighted by Gasteiger charge is 2.16. The van der Waals surface area contributed by atoms with Crippen molar-refractivity contribution >= 4 is 19.7 Å². The van der Waals surface area contributed by atoms with Crippen molar-refractivity contribution < 1.29 is 8.42 Å². The van der Waals surface area contributed by atoms with Crippen molar-refractivity contribution in [1.82, 2.24) is 9.80 Å². The van der Waals surface area contributed by atoms with E-state index in [1.165, 1.54) is 0 Å². The Morgan fingerprint density at radius 2 is 1.71 bits per heavy atom. The number of nitrogens with zero attached hydrogens (tertiary/aromatic N) is 2. The highest BCUT2D eigenvalue weighted by molar-refractivity contribution is 8.72. The smallest absolute Gasteiger partial charge is 0.229 e. The quantitative estimate of drug-likeness (QED) is 0.590. The zero-order chi connectivity index (χ0) is 15.3. The number of aryl methyl sites for hydroxylation is 1. The van der Waals surface area contributed by atoms with Crippen molar-refractivity contribution in [2.24, 2.45) is 0 Å². The van der Waals surface area contributed by atoms with E-state index in [2.05, 4.69) is 16.8 Å². The number of piperazine rings is 1. The summed E-state index contributed by atoms with van der Waals surface area (Å²) < 4.78 is 24.4. The lowest BCUT2D eigenvalue weighted by molar-refractivity contribution is 0.155. The fourth-order valence-electron chi connectivity index (χ4n) is 2.30. The Balaban J connectivity index is 1.73. The summed E-state index contributed by atoms with van der Waals surface area (Å²) in [6, 6.07) is 7.08. The monoisotopic (exact) mass is 328 g/mol. The molecule has 0 N–H and O–H groups in total. The summed E-state index contributed by atoms with van der Waals surface area (Å²) >= 11 is 0. The molecule has 0 unspecified atom stereocenters. The topological polar surface area (TPSA) is 40.6 Å². The first kappa shape index (κ1) is 16.8. The van der Waals surface area contributed by atoms with E-state index in [4.69, 9.17) is 0 Å². The number of likely N-dealkylation sites (N-methyl/N-ethyl adjacent to an activating group) is 1. The molecule has 1 aromatic rings. The van der Waals surface area contributed by atoms with Gasteiger partial charge in [-0.05, 0) is 49.9 Å². The molecule has 118 valence electrons. The molecule has 0 saturated carbocycles. The molecule has 0 spiro atoms. The second-order valence-corrected chi connectivity index (χ2v) is 9.63. The standard InChI is InChI=1S/C15H24N2O2S2/c1-14-4-6-15(7-5-14)21(18,19)20-13-3-8-17-11-9-16(2)10-12-17/h4-7H,3,8-13H2,1-2H3. The normalized spacial score (nSPS) is 18.0. The van der Waals surface area contributed by atoms with Crippen LogP contribution in [0.3, 0.4) is 0 Å². The predicted molar refractivity (Wildman–Crippen MR) is 89.4 cm³/mol. The van der Waals surface area contributed by atoms with Crippen LogP contribution in [-0.4, -0.2) is 63.7 Å². The van der Waals surface area contributed by atoms with Gasteiger partial charge in [-0.2, -0.15) is 0 Å². The first-order valence-electron chi connectivity index (χ1n) is 7.34. The van der Waals surface area contributed by atoms with Crippen molar-refractivity contribution in [2.45, 2.75) is 18.2 Å². The van der Waals surface area contributed by atoms with E-state index < -0.39 is 8.87 Å². The van der Waals surface area contributed by atoms with E-state index in [-0.39, 0.29) is 0 Å². The molecule has 0 atom stereocenters. The van der Waals surface area contributed by atoms with Gasteiger partial charge in [0.25, 0.3) is 0 Å². The number of benzene rings is 1. The first-order chi connectivity index (χ1) is 9.97. The van der Waals surface area contributed by atoms with Crippen LogP contribution in [0.2, 0.25) is 0 Å². The van der Waals surface area contributed by atoms with E-state index in [9.17, 15) is 8.42 Å². The molecule has 1 saturated heterocycles. The summed E-state index contributed by atoms with van der Waals surface area (Å²) in [5.74, 6) is 0.655. The van der Waals surface area contributed by atoms with Gasteiger partial charge in [0.15, 0.2) is 0 Å². The second kappa shape index (κ2) is 7.63. The Morgan fingerprint density at radius 3 is 2.33 bits per heavy atom. The zero-order valence-electron chi connectivity index (χ0n) is 12.8. The van der Waals surface area contributed by atoms with Gasteiger partial charge < -0.3 is 9.80 Å². The van der Waals surface area contributed by atoms with Crippen molar-refractivity contribution in [3.8, 4) is 0 Å². The summed E-state index contributed by atoms with van der Waals surface area (Å²) in [7, 11) is 0.00329. The Morgan fingerprint density at radius 1 is 1.10 bits per heavy atom. The van der Waals surface area contributed by atoms with Crippen LogP contribution in [0.25, 0.3) is 0 Å². The van der Waals surface area contributed by atoms with Gasteiger partial charge in [0, 0.05) is 31.9 Å². The highest BCUT2D eigenvalue weighted by atomic mass is 33.1. The molecule has 0 bridgehead atoms. The molecule has 1 aliphatic heterocycles. The molecule has 1 aromatic carbocycles. The SMILES string of the molecule is Cc1ccc(S(=O)(=O)SCCCN2CCN(C)CC2)cc1. The van der Waals surface area contributed by atoms with Crippen LogP contribution in [0.15, 0.2) is 29.2 Å². The maximum absolute atomic E-state index is 12.2. The molecule has 1 fully saturated rings. The van der Waals surface area contributed by atoms with Crippen LogP contribution in [0.4, 0.5) is 0 Å². The summed E-state index contributed by atoms with van der Waals surface area (Å²) in [4.78, 5) is 5.16. The molecule has 0 radical (unpaired) electrons. The van der Waals surface area contributed by atoms with Crippen molar-refractivity contribution in [1.29, 1.82) is 0 Å². The zero-order valence-corrected chi connectivity index (χ0v) is 14.4. The molecule has 21 heavy (non-hydrogen) atoms. The van der Waals surface area contributed by atoms with Gasteiger partial charge in [-0.3, -0.25) is 0 Å². The minimum Gasteiger partial charge on any atom is -0.304 e. The Hall–Kier alpha value is -0.560. The average molecular weight is 329 g/mol. The van der Waals surface area contributed by atoms with Crippen molar-refractivity contribution in [2.75, 3.05) is 45.5 Å². The lowest BCUT2D eigenvalue weighted by atomic mass is 10.2. The summed E-state index contributed by atoms with van der Waals surface area (Å²) in [6.07, 6.45) is 0.916. The largest absolute Gasteiger partial charge is 0.304 e. The number of hydrogen-bond acceptors (Lipinski definition) is 5. The van der Waals surface area contributed by atoms with E-state index >= 15 is 0 Å². The third-order valence-electron chi connectivity index (χ3n) is 3.76. The predicted octanol–water partition coefficient (Wildman–Crippen LogP) is 2.05. The van der Waals surface area contributed by atoms with Crippen molar-refractivity contribution in [3.63, 3.8) is 0 Å². The third kappa shape index (κ3) is 5.29. The van der Waals surface area contributed by atoms with Crippen molar-refractivity contribution in [3.05, 3.63) is 29.8 Å². The van der Waals surface area contributed by atoms with Gasteiger partial charge in [0.1, 0.15) is 0 Å². The molecule has 1 aliphatic rings. The third-order valence-corrected chi connectivity index (χ3v) is 7.39. The maximum atomic E-state index is 12.2. The fourth-order valence-corrected chi connectivity index (χ4v) is 5.13. The summed E-state index contributed by atoms with van der Waals surface area (Å²) in [5, 5.41) is 0. The van der Waals surface area contributed by atoms with Gasteiger partial charge in [0.2, 0.25) is 8.87 Å². The second-order valence-electron chi connectivity index (χ2n) is 5.59. The number of hydrogen-bond donors (Lipinski definition) is 0. The summed E-state index contributed by atoms with van der Waals surface area (Å²) in [5.41, 5.74) is 1.08.